The van der Waals surface area contributed by atoms with E-state index in [2.05, 4.69) is 44.3 Å². The van der Waals surface area contributed by atoms with Gasteiger partial charge in [-0.2, -0.15) is 0 Å². The minimum Gasteiger partial charge on any atom is -0.511 e. The van der Waals surface area contributed by atoms with Gasteiger partial charge < -0.3 is 29.4 Å². The number of aliphatic hydroxyl groups is 1. The summed E-state index contributed by atoms with van der Waals surface area (Å²) in [6.07, 6.45) is 8.12. The molecule has 2 N–H and O–H groups in total. The van der Waals surface area contributed by atoms with Gasteiger partial charge in [-0.1, -0.05) is 70.6 Å². The molecule has 15 unspecified atom stereocenters. The maximum Gasteiger partial charge on any atom is 0.407 e. The number of ketones is 1. The number of carbonyl (C=O) groups is 4. The fraction of sp³-hybridized carbons (Fsp3) is 0.674. The number of nitrogens with one attached hydrogen (secondary N) is 1. The van der Waals surface area contributed by atoms with Gasteiger partial charge in [-0.05, 0) is 80.3 Å². The van der Waals surface area contributed by atoms with E-state index in [0.717, 1.165) is 12.0 Å². The van der Waals surface area contributed by atoms with Gasteiger partial charge >= 0.3 is 12.1 Å². The number of amides is 1. The summed E-state index contributed by atoms with van der Waals surface area (Å²) in [4.78, 5) is 65.9. The van der Waals surface area contributed by atoms with Gasteiger partial charge in [-0.3, -0.25) is 19.7 Å². The maximum atomic E-state index is 15.0. The fourth-order valence-corrected chi connectivity index (χ4v) is 11.4. The Balaban J connectivity index is 1.51. The molecule has 13 nitrogen and oxygen atoms in total. The molecule has 306 valence electrons. The number of alkyl carbamates (subject to hydrolysis) is 1. The van der Waals surface area contributed by atoms with Crippen LogP contribution in [0.15, 0.2) is 58.4 Å². The lowest BCUT2D eigenvalue weighted by Crippen LogP contribution is -2.65. The van der Waals surface area contributed by atoms with Crippen molar-refractivity contribution in [2.24, 2.45) is 52.8 Å². The van der Waals surface area contributed by atoms with E-state index in [9.17, 15) is 29.6 Å². The van der Waals surface area contributed by atoms with Crippen LogP contribution < -0.4 is 5.32 Å². The molecule has 0 radical (unpaired) electrons. The zero-order valence-corrected chi connectivity index (χ0v) is 34.2. The summed E-state index contributed by atoms with van der Waals surface area (Å²) in [6, 6.07) is -1.02. The number of aldehydes is 1. The van der Waals surface area contributed by atoms with Gasteiger partial charge in [0.05, 0.1) is 25.7 Å². The average molecular weight is 779 g/mol. The standard InChI is InChI=1S/C43H58N2O11/c1-21-11-14-32(55-33-19-41(8,45(51)52)36(27(7)54-33)44-40(50)53-10)24(4)17-31-23(3)16-28(20-46)18-43(31)38(48)34(39(49)56-43)37(47)42(9)30(21)13-12-29-26(6)22(2)15-25(5)35(29)42/h11-13,16-17,20,22-23,25-27,29-33,35-36,47H,14-15,18-19H2,1-10H3,(H,44,50)/b21-11+,24-17+,37-34+. The molecular formula is C43H58N2O11. The van der Waals surface area contributed by atoms with E-state index in [0.29, 0.717) is 29.8 Å². The highest BCUT2D eigenvalue weighted by atomic mass is 16.7. The average Bonchev–Trinajstić information content (AvgIpc) is 3.38. The monoisotopic (exact) mass is 778 g/mol. The van der Waals surface area contributed by atoms with Crippen LogP contribution in [0.1, 0.15) is 88.0 Å². The van der Waals surface area contributed by atoms with Crippen molar-refractivity contribution >= 4 is 24.1 Å². The Bertz CT molecular complexity index is 1830. The van der Waals surface area contributed by atoms with Gasteiger partial charge in [0.2, 0.25) is 11.3 Å². The molecular weight excluding hydrogens is 720 g/mol. The number of hydrogen-bond acceptors (Lipinski definition) is 11. The quantitative estimate of drug-likeness (QED) is 0.0752. The number of carbonyl (C=O) groups excluding carboxylic acids is 4. The molecule has 1 spiro atoms. The third kappa shape index (κ3) is 6.56. The molecule has 2 aliphatic heterocycles. The Morgan fingerprint density at radius 2 is 1.77 bits per heavy atom. The van der Waals surface area contributed by atoms with Gasteiger partial charge in [-0.25, -0.2) is 9.59 Å². The van der Waals surface area contributed by atoms with Crippen LogP contribution in [0.25, 0.3) is 0 Å². The van der Waals surface area contributed by atoms with Crippen LogP contribution in [0.3, 0.4) is 0 Å². The third-order valence-corrected chi connectivity index (χ3v) is 14.6. The Hall–Kier alpha value is -4.10. The number of Topliss-reactive ketones (excluding diaryl/α,β-unsaturated/α-hetero) is 1. The van der Waals surface area contributed by atoms with Crippen LogP contribution in [-0.2, 0) is 33.3 Å². The molecule has 15 atom stereocenters. The fourth-order valence-electron chi connectivity index (χ4n) is 11.4. The maximum absolute atomic E-state index is 15.0. The summed E-state index contributed by atoms with van der Waals surface area (Å²) < 4.78 is 23.9. The van der Waals surface area contributed by atoms with Gasteiger partial charge in [0.1, 0.15) is 23.7 Å². The minimum atomic E-state index is -1.80. The van der Waals surface area contributed by atoms with Crippen LogP contribution in [0.2, 0.25) is 0 Å². The molecule has 56 heavy (non-hydrogen) atoms. The molecule has 13 heteroatoms. The zero-order valence-electron chi connectivity index (χ0n) is 34.2. The summed E-state index contributed by atoms with van der Waals surface area (Å²) in [5.41, 5.74) is -3.02. The van der Waals surface area contributed by atoms with E-state index < -0.39 is 81.6 Å². The van der Waals surface area contributed by atoms with Crippen molar-refractivity contribution in [3.05, 3.63) is 68.5 Å². The number of nitro groups is 1. The molecule has 6 aliphatic rings. The summed E-state index contributed by atoms with van der Waals surface area (Å²) >= 11 is 0. The number of aliphatic hydroxyl groups excluding tert-OH is 1. The van der Waals surface area contributed by atoms with Gasteiger partial charge in [0, 0.05) is 35.5 Å². The molecule has 0 aromatic carbocycles. The van der Waals surface area contributed by atoms with Crippen molar-refractivity contribution in [3.8, 4) is 0 Å². The van der Waals surface area contributed by atoms with Crippen LogP contribution in [-0.4, -0.2) is 77.0 Å². The summed E-state index contributed by atoms with van der Waals surface area (Å²) in [7, 11) is 1.18. The second-order valence-electron chi connectivity index (χ2n) is 18.0. The summed E-state index contributed by atoms with van der Waals surface area (Å²) in [6.45, 7) is 17.4. The highest BCUT2D eigenvalue weighted by Crippen LogP contribution is 2.61. The molecule has 1 amide bonds. The molecule has 2 saturated heterocycles. The normalized spacial score (nSPS) is 47.0. The smallest absolute Gasteiger partial charge is 0.407 e. The summed E-state index contributed by atoms with van der Waals surface area (Å²) in [5, 5.41) is 27.8. The van der Waals surface area contributed by atoms with E-state index in [1.54, 1.807) is 13.0 Å². The lowest BCUT2D eigenvalue weighted by molar-refractivity contribution is -0.584. The Labute approximate surface area is 329 Å². The first kappa shape index (κ1) is 41.5. The topological polar surface area (TPSA) is 181 Å². The van der Waals surface area contributed by atoms with Crippen molar-refractivity contribution in [2.75, 3.05) is 7.11 Å². The van der Waals surface area contributed by atoms with Crippen LogP contribution in [0.5, 0.6) is 0 Å². The molecule has 0 aromatic rings. The Kier molecular flexibility index (Phi) is 11.1. The Morgan fingerprint density at radius 3 is 2.41 bits per heavy atom. The van der Waals surface area contributed by atoms with E-state index in [4.69, 9.17) is 18.9 Å². The van der Waals surface area contributed by atoms with Crippen LogP contribution in [0, 0.1) is 62.9 Å². The number of hydrogen-bond donors (Lipinski definition) is 2. The predicted molar refractivity (Wildman–Crippen MR) is 205 cm³/mol. The number of allylic oxidation sites excluding steroid dienone is 5. The molecule has 3 fully saturated rings. The SMILES string of the molecule is COC(=O)NC1C(C)OC(OC2C/C=C(\C)C3C=CC4C(C)C(C)CC(C)C4C3(C)/C(O)=C3\C(=O)OC4(CC(C=O)=CC(C)C4/C=C/2C)C3=O)CC1(C)[N+](=O)[O-]. The molecule has 6 rings (SSSR count). The molecule has 1 saturated carbocycles. The van der Waals surface area contributed by atoms with E-state index in [1.807, 2.05) is 33.8 Å². The number of fused-ring (bicyclic) bond motifs is 4. The zero-order chi connectivity index (χ0) is 41.2. The number of nitrogens with zero attached hydrogens (tertiary/aromatic N) is 1. The van der Waals surface area contributed by atoms with E-state index in [1.165, 1.54) is 14.0 Å². The van der Waals surface area contributed by atoms with Crippen molar-refractivity contribution in [1.82, 2.24) is 5.32 Å². The van der Waals surface area contributed by atoms with Crippen LogP contribution in [0.4, 0.5) is 4.79 Å². The lowest BCUT2D eigenvalue weighted by Gasteiger charge is -2.56. The third-order valence-electron chi connectivity index (χ3n) is 14.6. The highest BCUT2D eigenvalue weighted by molar-refractivity contribution is 6.26. The minimum absolute atomic E-state index is 0.0774. The first-order chi connectivity index (χ1) is 26.2. The van der Waals surface area contributed by atoms with Gasteiger partial charge in [0.25, 0.3) is 0 Å². The van der Waals surface area contributed by atoms with Crippen molar-refractivity contribution in [2.45, 2.75) is 124 Å². The van der Waals surface area contributed by atoms with Crippen molar-refractivity contribution in [1.29, 1.82) is 0 Å². The first-order valence-electron chi connectivity index (χ1n) is 20.0. The molecule has 2 heterocycles. The summed E-state index contributed by atoms with van der Waals surface area (Å²) in [5.74, 6) is -2.60. The lowest BCUT2D eigenvalue weighted by atomic mass is 9.48. The second-order valence-corrected chi connectivity index (χ2v) is 18.0. The van der Waals surface area contributed by atoms with Crippen molar-refractivity contribution in [3.63, 3.8) is 0 Å². The molecule has 2 bridgehead atoms. The molecule has 4 aliphatic carbocycles. The second kappa shape index (κ2) is 15.0. The number of methoxy groups -OCH3 is 1. The predicted octanol–water partition coefficient (Wildman–Crippen LogP) is 6.76. The Morgan fingerprint density at radius 1 is 1.07 bits per heavy atom. The highest BCUT2D eigenvalue weighted by Gasteiger charge is 2.64. The largest absolute Gasteiger partial charge is 0.511 e. The van der Waals surface area contributed by atoms with E-state index in [-0.39, 0.29) is 47.8 Å². The first-order valence-corrected chi connectivity index (χ1v) is 20.0. The number of esters is 1. The number of ether oxygens (including phenoxy) is 4. The van der Waals surface area contributed by atoms with Crippen molar-refractivity contribution < 1.29 is 48.2 Å². The van der Waals surface area contributed by atoms with Gasteiger partial charge in [-0.15, -0.1) is 0 Å². The van der Waals surface area contributed by atoms with Gasteiger partial charge in [0.15, 0.2) is 11.9 Å². The number of rotatable bonds is 5. The molecule has 0 aromatic heterocycles. The van der Waals surface area contributed by atoms with Crippen LogP contribution >= 0.6 is 0 Å². The van der Waals surface area contributed by atoms with E-state index >= 15 is 4.79 Å².